The van der Waals surface area contributed by atoms with E-state index in [0.717, 1.165) is 55.5 Å². The average Bonchev–Trinajstić information content (AvgIpc) is 3.46. The van der Waals surface area contributed by atoms with Crippen molar-refractivity contribution in [2.45, 2.75) is 57.2 Å². The van der Waals surface area contributed by atoms with Gasteiger partial charge < -0.3 is 20.2 Å². The van der Waals surface area contributed by atoms with Crippen molar-refractivity contribution < 1.29 is 9.90 Å². The molecule has 3 aliphatic rings. The predicted octanol–water partition coefficient (Wildman–Crippen LogP) is 3.98. The molecule has 2 N–H and O–H groups in total. The Bertz CT molecular complexity index is 1400. The molecule has 3 aromatic rings. The van der Waals surface area contributed by atoms with Gasteiger partial charge in [-0.2, -0.15) is 0 Å². The molecular formula is C32H39N5O3. The fourth-order valence-corrected chi connectivity index (χ4v) is 7.06. The van der Waals surface area contributed by atoms with Crippen molar-refractivity contribution in [1.29, 1.82) is 0 Å². The van der Waals surface area contributed by atoms with Gasteiger partial charge in [0.1, 0.15) is 0 Å². The number of aromatic nitrogens is 2. The molecule has 2 atom stereocenters. The second-order valence-electron chi connectivity index (χ2n) is 11.9. The van der Waals surface area contributed by atoms with Gasteiger partial charge >= 0.3 is 6.03 Å². The second-order valence-corrected chi connectivity index (χ2v) is 11.9. The van der Waals surface area contributed by atoms with Crippen LogP contribution in [0.3, 0.4) is 0 Å². The summed E-state index contributed by atoms with van der Waals surface area (Å²) in [5.74, 6) is 0. The number of aliphatic hydroxyl groups is 1. The van der Waals surface area contributed by atoms with Crippen LogP contribution in [0.1, 0.15) is 49.3 Å². The zero-order valence-corrected chi connectivity index (χ0v) is 23.3. The maximum absolute atomic E-state index is 14.0. The van der Waals surface area contributed by atoms with E-state index in [4.69, 9.17) is 0 Å². The zero-order valence-electron chi connectivity index (χ0n) is 23.3. The van der Waals surface area contributed by atoms with E-state index in [0.29, 0.717) is 31.7 Å². The van der Waals surface area contributed by atoms with Crippen LogP contribution in [0.5, 0.6) is 0 Å². The van der Waals surface area contributed by atoms with E-state index in [2.05, 4.69) is 22.4 Å². The van der Waals surface area contributed by atoms with Crippen molar-refractivity contribution in [2.24, 2.45) is 5.41 Å². The van der Waals surface area contributed by atoms with Gasteiger partial charge in [0.05, 0.1) is 30.2 Å². The zero-order chi connectivity index (χ0) is 27.7. The topological polar surface area (TPSA) is 90.7 Å². The maximum Gasteiger partial charge on any atom is 0.320 e. The van der Waals surface area contributed by atoms with E-state index < -0.39 is 11.0 Å². The Morgan fingerprint density at radius 2 is 1.80 bits per heavy atom. The van der Waals surface area contributed by atoms with Crippen LogP contribution in [0.2, 0.25) is 0 Å². The first-order valence-electron chi connectivity index (χ1n) is 14.5. The van der Waals surface area contributed by atoms with Crippen molar-refractivity contribution in [3.8, 4) is 11.3 Å². The average molecular weight is 542 g/mol. The summed E-state index contributed by atoms with van der Waals surface area (Å²) in [7, 11) is 0. The molecule has 2 aliphatic heterocycles. The molecule has 210 valence electrons. The number of nitrogens with one attached hydrogen (secondary N) is 1. The van der Waals surface area contributed by atoms with Crippen LogP contribution in [0.15, 0.2) is 71.8 Å². The van der Waals surface area contributed by atoms with Gasteiger partial charge in [0.2, 0.25) is 0 Å². The van der Waals surface area contributed by atoms with Crippen molar-refractivity contribution in [3.05, 3.63) is 88.5 Å². The number of likely N-dealkylation sites (tertiary alicyclic amines) is 1. The number of nitrogens with zero attached hydrogens (tertiary/aromatic N) is 4. The van der Waals surface area contributed by atoms with Gasteiger partial charge in [0, 0.05) is 49.8 Å². The number of amides is 2. The number of benzene rings is 2. The van der Waals surface area contributed by atoms with Gasteiger partial charge in [-0.05, 0) is 31.7 Å². The summed E-state index contributed by atoms with van der Waals surface area (Å²) in [6.45, 7) is 5.35. The van der Waals surface area contributed by atoms with Gasteiger partial charge in [-0.1, -0.05) is 73.0 Å². The van der Waals surface area contributed by atoms with E-state index >= 15 is 0 Å². The van der Waals surface area contributed by atoms with Crippen molar-refractivity contribution in [2.75, 3.05) is 32.7 Å². The fourth-order valence-electron chi connectivity index (χ4n) is 7.06. The summed E-state index contributed by atoms with van der Waals surface area (Å²) in [6.07, 6.45) is 5.74. The van der Waals surface area contributed by atoms with Crippen molar-refractivity contribution in [1.82, 2.24) is 24.7 Å². The minimum Gasteiger partial charge on any atom is -0.387 e. The van der Waals surface area contributed by atoms with Gasteiger partial charge in [-0.3, -0.25) is 9.36 Å². The Kier molecular flexibility index (Phi) is 7.23. The molecule has 8 heteroatoms. The number of carbonyl (C=O) groups is 1. The molecule has 2 aromatic carbocycles. The molecular weight excluding hydrogens is 502 g/mol. The molecule has 40 heavy (non-hydrogen) atoms. The summed E-state index contributed by atoms with van der Waals surface area (Å²) in [4.78, 5) is 35.7. The number of aryl methyl sites for hydroxylation is 1. The molecule has 1 spiro atoms. The number of hydrogen-bond donors (Lipinski definition) is 2. The lowest BCUT2D eigenvalue weighted by Crippen LogP contribution is -2.64. The molecule has 2 amide bonds. The third kappa shape index (κ3) is 4.95. The van der Waals surface area contributed by atoms with Crippen molar-refractivity contribution in [3.63, 3.8) is 0 Å². The van der Waals surface area contributed by atoms with E-state index in [1.807, 2.05) is 59.2 Å². The molecule has 0 unspecified atom stereocenters. The monoisotopic (exact) mass is 541 g/mol. The van der Waals surface area contributed by atoms with Crippen LogP contribution in [0, 0.1) is 12.3 Å². The Morgan fingerprint density at radius 3 is 2.52 bits per heavy atom. The van der Waals surface area contributed by atoms with E-state index in [9.17, 15) is 14.7 Å². The molecule has 3 fully saturated rings. The number of rotatable bonds is 4. The molecule has 0 radical (unpaired) electrons. The van der Waals surface area contributed by atoms with E-state index in [-0.39, 0.29) is 24.2 Å². The standard InChI is InChI=1S/C32H39N5O3/c1-24-9-11-25(12-10-24)27-19-29(38)36(23-34-27)22-32(40)15-17-35(21-31(32)13-5-6-14-31)30(39)37-18-16-33-20-28(37)26-7-3-2-4-8-26/h2-4,7-12,19,23,28,33,40H,5-6,13-18,20-22H2,1H3/t28-,32+/m0/s1. The van der Waals surface area contributed by atoms with Crippen LogP contribution in [0.4, 0.5) is 4.79 Å². The van der Waals surface area contributed by atoms with Crippen molar-refractivity contribution >= 4 is 6.03 Å². The Balaban J connectivity index is 1.22. The smallest absolute Gasteiger partial charge is 0.320 e. The van der Waals surface area contributed by atoms with E-state index in [1.54, 1.807) is 17.0 Å². The third-order valence-electron chi connectivity index (χ3n) is 9.44. The van der Waals surface area contributed by atoms with Crippen LogP contribution in [-0.2, 0) is 6.54 Å². The molecule has 8 nitrogen and oxygen atoms in total. The molecule has 1 aliphatic carbocycles. The van der Waals surface area contributed by atoms with E-state index in [1.165, 1.54) is 0 Å². The SMILES string of the molecule is Cc1ccc(-c2cc(=O)n(C[C@]3(O)CCN(C(=O)N4CCNC[C@H]4c4ccccc4)CC34CCCC4)cn2)cc1. The molecule has 1 aromatic heterocycles. The molecule has 6 rings (SSSR count). The third-order valence-corrected chi connectivity index (χ3v) is 9.44. The van der Waals surface area contributed by atoms with Gasteiger partial charge in [0.25, 0.3) is 5.56 Å². The normalized spacial score (nSPS) is 24.4. The molecule has 0 bridgehead atoms. The van der Waals surface area contributed by atoms with Crippen LogP contribution in [0.25, 0.3) is 11.3 Å². The summed E-state index contributed by atoms with van der Waals surface area (Å²) < 4.78 is 1.55. The number of piperidine rings is 1. The lowest BCUT2D eigenvalue weighted by molar-refractivity contribution is -0.137. The highest BCUT2D eigenvalue weighted by Crippen LogP contribution is 2.51. The first-order valence-corrected chi connectivity index (χ1v) is 14.5. The molecule has 2 saturated heterocycles. The highest BCUT2D eigenvalue weighted by Gasteiger charge is 2.56. The quantitative estimate of drug-likeness (QED) is 0.522. The van der Waals surface area contributed by atoms with Crippen LogP contribution >= 0.6 is 0 Å². The highest BCUT2D eigenvalue weighted by molar-refractivity contribution is 5.75. The largest absolute Gasteiger partial charge is 0.387 e. The first-order chi connectivity index (χ1) is 19.4. The number of hydrogen-bond acceptors (Lipinski definition) is 5. The summed E-state index contributed by atoms with van der Waals surface area (Å²) >= 11 is 0. The number of carbonyl (C=O) groups excluding carboxylic acids is 1. The Hall–Kier alpha value is -3.49. The molecule has 1 saturated carbocycles. The highest BCUT2D eigenvalue weighted by atomic mass is 16.3. The fraction of sp³-hybridized carbons (Fsp3) is 0.469. The second kappa shape index (κ2) is 10.8. The van der Waals surface area contributed by atoms with Crippen LogP contribution < -0.4 is 10.9 Å². The Morgan fingerprint density at radius 1 is 1.05 bits per heavy atom. The minimum absolute atomic E-state index is 0.0144. The van der Waals surface area contributed by atoms with Crippen LogP contribution in [-0.4, -0.2) is 68.8 Å². The summed E-state index contributed by atoms with van der Waals surface area (Å²) in [5.41, 5.74) is 2.12. The first kappa shape index (κ1) is 26.7. The number of piperazine rings is 1. The minimum atomic E-state index is -1.08. The predicted molar refractivity (Wildman–Crippen MR) is 155 cm³/mol. The van der Waals surface area contributed by atoms with Gasteiger partial charge in [-0.25, -0.2) is 9.78 Å². The summed E-state index contributed by atoms with van der Waals surface area (Å²) in [5, 5.41) is 15.6. The Labute approximate surface area is 235 Å². The lowest BCUT2D eigenvalue weighted by atomic mass is 9.66. The van der Waals surface area contributed by atoms with Gasteiger partial charge in [-0.15, -0.1) is 0 Å². The molecule has 3 heterocycles. The summed E-state index contributed by atoms with van der Waals surface area (Å²) in [6, 6.07) is 19.7. The lowest BCUT2D eigenvalue weighted by Gasteiger charge is -2.53. The number of urea groups is 1. The van der Waals surface area contributed by atoms with Gasteiger partial charge in [0.15, 0.2) is 0 Å². The maximum atomic E-state index is 14.0.